The fraction of sp³-hybridized carbons (Fsp3) is 0.857. The fourth-order valence-corrected chi connectivity index (χ4v) is 2.08. The van der Waals surface area contributed by atoms with E-state index in [9.17, 15) is 9.59 Å². The minimum atomic E-state index is -0.824. The van der Waals surface area contributed by atoms with Gasteiger partial charge in [0, 0.05) is 13.0 Å². The van der Waals surface area contributed by atoms with Crippen LogP contribution < -0.4 is 11.1 Å². The fourth-order valence-electron chi connectivity index (χ4n) is 2.08. The third-order valence-corrected chi connectivity index (χ3v) is 3.04. The van der Waals surface area contributed by atoms with Gasteiger partial charge in [-0.25, -0.2) is 0 Å². The van der Waals surface area contributed by atoms with E-state index in [0.717, 1.165) is 19.3 Å². The number of nitrogens with two attached hydrogens (primary N) is 1. The van der Waals surface area contributed by atoms with Crippen LogP contribution in [0.15, 0.2) is 0 Å². The molecule has 0 saturated heterocycles. The Hall–Kier alpha value is -1.10. The summed E-state index contributed by atoms with van der Waals surface area (Å²) in [6, 6.07) is -0.482. The number of aliphatic carboxylic acids is 1. The van der Waals surface area contributed by atoms with Crippen LogP contribution in [0.25, 0.3) is 0 Å². The highest BCUT2D eigenvalue weighted by Crippen LogP contribution is 2.14. The van der Waals surface area contributed by atoms with Gasteiger partial charge in [-0.15, -0.1) is 0 Å². The number of rotatable bonds is 10. The molecule has 0 heterocycles. The van der Waals surface area contributed by atoms with E-state index in [0.29, 0.717) is 18.9 Å². The molecule has 0 aromatic rings. The molecule has 1 unspecified atom stereocenters. The number of unbranched alkanes of at least 4 members (excludes halogenated alkanes) is 1. The second-order valence-electron chi connectivity index (χ2n) is 5.59. The molecule has 5 heteroatoms. The first-order chi connectivity index (χ1) is 8.86. The highest BCUT2D eigenvalue weighted by molar-refractivity contribution is 5.81. The third-order valence-electron chi connectivity index (χ3n) is 3.04. The van der Waals surface area contributed by atoms with E-state index < -0.39 is 12.0 Å². The molecule has 0 fully saturated rings. The van der Waals surface area contributed by atoms with Crippen molar-refractivity contribution in [2.45, 2.75) is 58.9 Å². The van der Waals surface area contributed by atoms with Crippen LogP contribution in [0.1, 0.15) is 52.9 Å². The van der Waals surface area contributed by atoms with Gasteiger partial charge in [0.2, 0.25) is 5.91 Å². The first-order valence-corrected chi connectivity index (χ1v) is 7.11. The van der Waals surface area contributed by atoms with E-state index in [1.807, 2.05) is 13.8 Å². The van der Waals surface area contributed by atoms with E-state index in [1.165, 1.54) is 0 Å². The van der Waals surface area contributed by atoms with Crippen LogP contribution >= 0.6 is 0 Å². The maximum absolute atomic E-state index is 11.7. The average Bonchev–Trinajstić information content (AvgIpc) is 2.31. The molecule has 0 aromatic carbocycles. The van der Waals surface area contributed by atoms with Crippen molar-refractivity contribution in [2.75, 3.05) is 6.54 Å². The molecule has 0 aliphatic carbocycles. The van der Waals surface area contributed by atoms with Gasteiger partial charge in [-0.05, 0) is 24.7 Å². The van der Waals surface area contributed by atoms with Crippen molar-refractivity contribution < 1.29 is 14.7 Å². The standard InChI is InChI=1S/C14H28N2O3/c1-4-5-6-12(15)14(19)16-9-11(7-10(2)3)8-13(17)18/h10-12H,4-9,15H2,1-3H3,(H,16,19)(H,17,18)/t11-,12?/m0/s1. The number of carboxylic acids is 1. The predicted octanol–water partition coefficient (Wildman–Crippen LogP) is 1.76. The van der Waals surface area contributed by atoms with Crippen LogP contribution in [0.5, 0.6) is 0 Å². The first-order valence-electron chi connectivity index (χ1n) is 7.11. The highest BCUT2D eigenvalue weighted by atomic mass is 16.4. The molecule has 0 rings (SSSR count). The monoisotopic (exact) mass is 272 g/mol. The lowest BCUT2D eigenvalue weighted by atomic mass is 9.94. The van der Waals surface area contributed by atoms with Gasteiger partial charge < -0.3 is 16.2 Å². The Morgan fingerprint density at radius 2 is 1.95 bits per heavy atom. The van der Waals surface area contributed by atoms with Gasteiger partial charge in [-0.1, -0.05) is 33.6 Å². The van der Waals surface area contributed by atoms with Gasteiger partial charge in [0.05, 0.1) is 6.04 Å². The molecule has 2 atom stereocenters. The van der Waals surface area contributed by atoms with E-state index in [-0.39, 0.29) is 18.2 Å². The topological polar surface area (TPSA) is 92.4 Å². The molecular formula is C14H28N2O3. The molecule has 5 nitrogen and oxygen atoms in total. The lowest BCUT2D eigenvalue weighted by Crippen LogP contribution is -2.42. The SMILES string of the molecule is CCCCC(N)C(=O)NC[C@H](CC(=O)O)CC(C)C. The zero-order valence-corrected chi connectivity index (χ0v) is 12.3. The van der Waals surface area contributed by atoms with Crippen LogP contribution in [0.3, 0.4) is 0 Å². The number of amides is 1. The molecule has 0 radical (unpaired) electrons. The molecule has 19 heavy (non-hydrogen) atoms. The number of carboxylic acid groups (broad SMARTS) is 1. The van der Waals surface area contributed by atoms with E-state index >= 15 is 0 Å². The zero-order chi connectivity index (χ0) is 14.8. The number of carbonyl (C=O) groups is 2. The van der Waals surface area contributed by atoms with E-state index in [2.05, 4.69) is 12.2 Å². The van der Waals surface area contributed by atoms with Crippen LogP contribution in [0, 0.1) is 11.8 Å². The quantitative estimate of drug-likeness (QED) is 0.565. The van der Waals surface area contributed by atoms with Gasteiger partial charge in [0.1, 0.15) is 0 Å². The summed E-state index contributed by atoms with van der Waals surface area (Å²) < 4.78 is 0. The molecule has 0 aliphatic heterocycles. The van der Waals surface area contributed by atoms with Gasteiger partial charge in [-0.3, -0.25) is 9.59 Å². The Balaban J connectivity index is 4.14. The van der Waals surface area contributed by atoms with E-state index in [4.69, 9.17) is 10.8 Å². The maximum Gasteiger partial charge on any atom is 0.303 e. The minimum absolute atomic E-state index is 0.0279. The predicted molar refractivity (Wildman–Crippen MR) is 75.7 cm³/mol. The number of hydrogen-bond acceptors (Lipinski definition) is 3. The molecule has 0 saturated carbocycles. The van der Waals surface area contributed by atoms with Crippen molar-refractivity contribution in [3.8, 4) is 0 Å². The molecular weight excluding hydrogens is 244 g/mol. The van der Waals surface area contributed by atoms with Crippen molar-refractivity contribution in [2.24, 2.45) is 17.6 Å². The summed E-state index contributed by atoms with van der Waals surface area (Å²) in [5.41, 5.74) is 5.76. The number of nitrogens with one attached hydrogen (secondary N) is 1. The molecule has 1 amide bonds. The zero-order valence-electron chi connectivity index (χ0n) is 12.3. The van der Waals surface area contributed by atoms with Crippen LogP contribution in [-0.4, -0.2) is 29.6 Å². The minimum Gasteiger partial charge on any atom is -0.481 e. The number of hydrogen-bond donors (Lipinski definition) is 3. The smallest absolute Gasteiger partial charge is 0.303 e. The largest absolute Gasteiger partial charge is 0.481 e. The van der Waals surface area contributed by atoms with Crippen LogP contribution in [0.2, 0.25) is 0 Å². The van der Waals surface area contributed by atoms with Gasteiger partial charge in [0.25, 0.3) is 0 Å². The van der Waals surface area contributed by atoms with E-state index in [1.54, 1.807) is 0 Å². The Morgan fingerprint density at radius 1 is 1.32 bits per heavy atom. The second-order valence-corrected chi connectivity index (χ2v) is 5.59. The van der Waals surface area contributed by atoms with Crippen molar-refractivity contribution in [1.29, 1.82) is 0 Å². The summed E-state index contributed by atoms with van der Waals surface area (Å²) in [6.45, 7) is 6.53. The summed E-state index contributed by atoms with van der Waals surface area (Å²) in [7, 11) is 0. The Kier molecular flexibility index (Phi) is 9.21. The summed E-state index contributed by atoms with van der Waals surface area (Å²) in [5.74, 6) is -0.613. The second kappa shape index (κ2) is 9.78. The highest BCUT2D eigenvalue weighted by Gasteiger charge is 2.18. The molecule has 4 N–H and O–H groups in total. The van der Waals surface area contributed by atoms with Gasteiger partial charge >= 0.3 is 5.97 Å². The van der Waals surface area contributed by atoms with Crippen molar-refractivity contribution in [3.63, 3.8) is 0 Å². The van der Waals surface area contributed by atoms with Crippen molar-refractivity contribution >= 4 is 11.9 Å². The Bertz CT molecular complexity index is 280. The molecule has 112 valence electrons. The lowest BCUT2D eigenvalue weighted by molar-refractivity contribution is -0.138. The Morgan fingerprint density at radius 3 is 2.42 bits per heavy atom. The van der Waals surface area contributed by atoms with Crippen LogP contribution in [-0.2, 0) is 9.59 Å². The first kappa shape index (κ1) is 17.9. The summed E-state index contributed by atoms with van der Waals surface area (Å²) >= 11 is 0. The third kappa shape index (κ3) is 9.47. The molecule has 0 aromatic heterocycles. The van der Waals surface area contributed by atoms with Crippen molar-refractivity contribution in [1.82, 2.24) is 5.32 Å². The molecule has 0 spiro atoms. The van der Waals surface area contributed by atoms with Crippen molar-refractivity contribution in [3.05, 3.63) is 0 Å². The Labute approximate surface area is 115 Å². The lowest BCUT2D eigenvalue weighted by Gasteiger charge is -2.19. The molecule has 0 bridgehead atoms. The maximum atomic E-state index is 11.7. The summed E-state index contributed by atoms with van der Waals surface area (Å²) in [4.78, 5) is 22.5. The summed E-state index contributed by atoms with van der Waals surface area (Å²) in [5, 5.41) is 11.6. The molecule has 0 aliphatic rings. The summed E-state index contributed by atoms with van der Waals surface area (Å²) in [6.07, 6.45) is 3.49. The van der Waals surface area contributed by atoms with Gasteiger partial charge in [-0.2, -0.15) is 0 Å². The van der Waals surface area contributed by atoms with Crippen LogP contribution in [0.4, 0.5) is 0 Å². The number of carbonyl (C=O) groups excluding carboxylic acids is 1. The normalized spacial score (nSPS) is 14.2. The average molecular weight is 272 g/mol. The van der Waals surface area contributed by atoms with Gasteiger partial charge in [0.15, 0.2) is 0 Å².